The van der Waals surface area contributed by atoms with E-state index in [1.807, 2.05) is 0 Å². The summed E-state index contributed by atoms with van der Waals surface area (Å²) in [4.78, 5) is 30.7. The number of nitrogens with one attached hydrogen (secondary N) is 2. The largest absolute Gasteiger partial charge is 0.337 e. The van der Waals surface area contributed by atoms with Crippen molar-refractivity contribution in [2.45, 2.75) is 31.8 Å². The van der Waals surface area contributed by atoms with Crippen molar-refractivity contribution in [2.75, 3.05) is 11.9 Å². The minimum Gasteiger partial charge on any atom is -0.337 e. The average molecular weight is 403 g/mol. The number of aromatic amines is 1. The van der Waals surface area contributed by atoms with E-state index in [1.165, 1.54) is 4.90 Å². The second kappa shape index (κ2) is 7.57. The Morgan fingerprint density at radius 1 is 1.41 bits per heavy atom. The van der Waals surface area contributed by atoms with E-state index in [-0.39, 0.29) is 24.0 Å². The number of hydrogen-bond acceptors (Lipinski definition) is 5. The molecule has 0 saturated heterocycles. The molecule has 1 unspecified atom stereocenters. The van der Waals surface area contributed by atoms with Gasteiger partial charge in [-0.15, -0.1) is 5.10 Å². The maximum atomic E-state index is 13.9. The number of anilines is 1. The van der Waals surface area contributed by atoms with Gasteiger partial charge in [-0.2, -0.15) is 5.10 Å². The molecule has 0 aromatic carbocycles. The van der Waals surface area contributed by atoms with Crippen LogP contribution in [0.15, 0.2) is 36.1 Å². The minimum absolute atomic E-state index is 0.0795. The minimum atomic E-state index is -0.894. The molecule has 152 valence electrons. The Morgan fingerprint density at radius 2 is 2.24 bits per heavy atom. The number of hydrogen-bond donors (Lipinski definition) is 2. The van der Waals surface area contributed by atoms with Crippen molar-refractivity contribution in [3.05, 3.63) is 47.7 Å². The lowest BCUT2D eigenvalue weighted by molar-refractivity contribution is -0.120. The van der Waals surface area contributed by atoms with Gasteiger partial charge in [0, 0.05) is 32.0 Å². The first-order valence-electron chi connectivity index (χ1n) is 9.17. The second-order valence-corrected chi connectivity index (χ2v) is 6.97. The monoisotopic (exact) mass is 403 g/mol. The molecule has 1 aliphatic heterocycles. The smallest absolute Gasteiger partial charge is 0.291 e. The lowest BCUT2D eigenvalue weighted by Gasteiger charge is -2.19. The molecule has 1 aliphatic carbocycles. The van der Waals surface area contributed by atoms with Gasteiger partial charge in [0.15, 0.2) is 5.83 Å². The zero-order chi connectivity index (χ0) is 20.5. The summed E-state index contributed by atoms with van der Waals surface area (Å²) in [6.45, 7) is 0.467. The molecular formula is C18H19F2N7O2. The van der Waals surface area contributed by atoms with Crippen LogP contribution in [0.3, 0.4) is 0 Å². The van der Waals surface area contributed by atoms with Crippen molar-refractivity contribution < 1.29 is 18.4 Å². The van der Waals surface area contributed by atoms with Gasteiger partial charge in [0.2, 0.25) is 5.82 Å². The van der Waals surface area contributed by atoms with Crippen molar-refractivity contribution in [3.63, 3.8) is 0 Å². The Hall–Kier alpha value is -3.37. The lowest BCUT2D eigenvalue weighted by atomic mass is 9.95. The fourth-order valence-corrected chi connectivity index (χ4v) is 3.47. The molecule has 2 atom stereocenters. The Bertz CT molecular complexity index is 1010. The Kier molecular flexibility index (Phi) is 4.95. The van der Waals surface area contributed by atoms with Gasteiger partial charge in [-0.25, -0.2) is 18.4 Å². The third kappa shape index (κ3) is 3.67. The summed E-state index contributed by atoms with van der Waals surface area (Å²) in [5.41, 5.74) is 0. The van der Waals surface area contributed by atoms with E-state index < -0.39 is 29.5 Å². The van der Waals surface area contributed by atoms with Crippen LogP contribution in [0.2, 0.25) is 0 Å². The van der Waals surface area contributed by atoms with Crippen LogP contribution >= 0.6 is 0 Å². The Morgan fingerprint density at radius 3 is 3.07 bits per heavy atom. The number of halogens is 2. The molecule has 2 N–H and O–H groups in total. The highest BCUT2D eigenvalue weighted by atomic mass is 19.2. The van der Waals surface area contributed by atoms with Crippen LogP contribution in [0.4, 0.5) is 14.6 Å². The lowest BCUT2D eigenvalue weighted by Crippen LogP contribution is -2.47. The van der Waals surface area contributed by atoms with Crippen LogP contribution < -0.4 is 10.2 Å². The van der Waals surface area contributed by atoms with Crippen molar-refractivity contribution in [3.8, 4) is 0 Å². The fraction of sp³-hybridized carbons (Fsp3) is 0.389. The van der Waals surface area contributed by atoms with Crippen LogP contribution in [-0.4, -0.2) is 49.9 Å². The van der Waals surface area contributed by atoms with Crippen molar-refractivity contribution >= 4 is 17.6 Å². The molecule has 3 heterocycles. The fourth-order valence-electron chi connectivity index (χ4n) is 3.47. The standard InChI is InChI=1S/C18H19F2N7O2/c1-26-14-5-7-21-27(14)8-6-12(18(26)29)22-17(28)16-23-13(24-25-16)9-10-3-2-4-11(19)15(10)20/h2,4-5,7,10,12H,3,6,8-9H2,1H3,(H,22,28)(H,23,24,25)/t10?,12-/m0/s1. The van der Waals surface area contributed by atoms with Crippen molar-refractivity contribution in [1.29, 1.82) is 0 Å². The summed E-state index contributed by atoms with van der Waals surface area (Å²) in [5, 5.41) is 13.2. The van der Waals surface area contributed by atoms with E-state index in [9.17, 15) is 18.4 Å². The summed E-state index contributed by atoms with van der Waals surface area (Å²) >= 11 is 0. The van der Waals surface area contributed by atoms with Gasteiger partial charge in [-0.05, 0) is 18.9 Å². The van der Waals surface area contributed by atoms with Gasteiger partial charge >= 0.3 is 0 Å². The van der Waals surface area contributed by atoms with Crippen molar-refractivity contribution in [2.24, 2.45) is 5.92 Å². The molecule has 2 amide bonds. The highest BCUT2D eigenvalue weighted by Crippen LogP contribution is 2.29. The summed E-state index contributed by atoms with van der Waals surface area (Å²) in [6.07, 6.45) is 5.03. The molecule has 29 heavy (non-hydrogen) atoms. The Balaban J connectivity index is 1.41. The number of allylic oxidation sites excluding steroid dienone is 4. The molecule has 2 aromatic heterocycles. The van der Waals surface area contributed by atoms with E-state index in [1.54, 1.807) is 30.1 Å². The number of H-pyrrole nitrogens is 1. The molecule has 2 aliphatic rings. The van der Waals surface area contributed by atoms with Crippen molar-refractivity contribution in [1.82, 2.24) is 30.3 Å². The van der Waals surface area contributed by atoms with Gasteiger partial charge in [0.05, 0.1) is 6.20 Å². The molecule has 11 heteroatoms. The molecule has 4 rings (SSSR count). The number of aryl methyl sites for hydroxylation is 1. The first kappa shape index (κ1) is 19.0. The SMILES string of the molecule is CN1C(=O)[C@@H](NC(=O)c2n[nH]c(CC3CC=CC(F)=C3F)n2)CCn2nccc21. The van der Waals surface area contributed by atoms with Gasteiger partial charge in [0.1, 0.15) is 23.5 Å². The summed E-state index contributed by atoms with van der Waals surface area (Å²) in [6, 6.07) is 0.967. The van der Waals surface area contributed by atoms with Gasteiger partial charge < -0.3 is 5.32 Å². The molecule has 2 aromatic rings. The van der Waals surface area contributed by atoms with Gasteiger partial charge in [-0.1, -0.05) is 6.08 Å². The van der Waals surface area contributed by atoms with Crippen LogP contribution in [0.25, 0.3) is 0 Å². The topological polar surface area (TPSA) is 109 Å². The third-order valence-electron chi connectivity index (χ3n) is 5.05. The van der Waals surface area contributed by atoms with E-state index in [0.717, 1.165) is 6.08 Å². The number of carbonyl (C=O) groups excluding carboxylic acids is 2. The second-order valence-electron chi connectivity index (χ2n) is 6.97. The van der Waals surface area contributed by atoms with Crippen LogP contribution in [0.5, 0.6) is 0 Å². The van der Waals surface area contributed by atoms with Crippen LogP contribution in [0, 0.1) is 5.92 Å². The van der Waals surface area contributed by atoms with Gasteiger partial charge in [-0.3, -0.25) is 19.6 Å². The van der Waals surface area contributed by atoms with E-state index in [2.05, 4.69) is 25.6 Å². The van der Waals surface area contributed by atoms with E-state index in [4.69, 9.17) is 0 Å². The first-order valence-corrected chi connectivity index (χ1v) is 9.17. The molecular weight excluding hydrogens is 384 g/mol. The predicted molar refractivity (Wildman–Crippen MR) is 98.1 cm³/mol. The quantitative estimate of drug-likeness (QED) is 0.803. The first-order chi connectivity index (χ1) is 13.9. The highest BCUT2D eigenvalue weighted by molar-refractivity contribution is 6.00. The third-order valence-corrected chi connectivity index (χ3v) is 5.05. The van der Waals surface area contributed by atoms with Crippen LogP contribution in [0.1, 0.15) is 29.3 Å². The molecule has 0 bridgehead atoms. The summed E-state index contributed by atoms with van der Waals surface area (Å²) in [7, 11) is 1.62. The zero-order valence-electron chi connectivity index (χ0n) is 15.6. The number of fused-ring (bicyclic) bond motifs is 1. The molecule has 0 radical (unpaired) electrons. The average Bonchev–Trinajstić information content (AvgIpc) is 3.35. The van der Waals surface area contributed by atoms with E-state index in [0.29, 0.717) is 25.2 Å². The molecule has 0 spiro atoms. The number of nitrogens with zero attached hydrogens (tertiary/aromatic N) is 5. The molecule has 0 fully saturated rings. The van der Waals surface area contributed by atoms with Gasteiger partial charge in [0.25, 0.3) is 11.8 Å². The Labute approximate surface area is 164 Å². The molecule has 9 nitrogen and oxygen atoms in total. The zero-order valence-corrected chi connectivity index (χ0v) is 15.6. The number of amides is 2. The summed E-state index contributed by atoms with van der Waals surface area (Å²) in [5.74, 6) is -2.56. The normalized spacial score (nSPS) is 21.9. The number of rotatable bonds is 4. The van der Waals surface area contributed by atoms with E-state index >= 15 is 0 Å². The number of aromatic nitrogens is 5. The number of likely N-dealkylation sites (N-methyl/N-ethyl adjacent to an activating group) is 1. The predicted octanol–water partition coefficient (Wildman–Crippen LogP) is 1.44. The summed E-state index contributed by atoms with van der Waals surface area (Å²) < 4.78 is 28.9. The maximum Gasteiger partial charge on any atom is 0.291 e. The number of carbonyl (C=O) groups is 2. The highest BCUT2D eigenvalue weighted by Gasteiger charge is 2.31. The maximum absolute atomic E-state index is 13.9. The molecule has 0 saturated carbocycles. The van der Waals surface area contributed by atoms with Crippen LogP contribution in [-0.2, 0) is 17.8 Å².